The largest absolute Gasteiger partial charge is 0.383 e. The van der Waals surface area contributed by atoms with Gasteiger partial charge < -0.3 is 5.73 Å². The quantitative estimate of drug-likeness (QED) is 0.556. The summed E-state index contributed by atoms with van der Waals surface area (Å²) in [5.74, 6) is 0.579. The molecule has 1 aromatic heterocycles. The molecule has 0 aliphatic carbocycles. The Labute approximate surface area is 82.1 Å². The van der Waals surface area contributed by atoms with Crippen LogP contribution in [0.25, 0.3) is 0 Å². The fraction of sp³-hybridized carbons (Fsp3) is 0.375. The normalized spacial score (nSPS) is 8.62. The number of hydrogen-bond acceptors (Lipinski definition) is 4. The van der Waals surface area contributed by atoms with Crippen LogP contribution in [0.15, 0.2) is 0 Å². The lowest BCUT2D eigenvalue weighted by Gasteiger charge is -1.99. The van der Waals surface area contributed by atoms with Crippen molar-refractivity contribution in [1.29, 1.82) is 0 Å². The molecule has 0 saturated heterocycles. The number of carbonyl (C=O) groups is 1. The van der Waals surface area contributed by atoms with E-state index in [2.05, 4.69) is 9.97 Å². The summed E-state index contributed by atoms with van der Waals surface area (Å²) in [5, 5.41) is 0.102. The van der Waals surface area contributed by atoms with Crippen molar-refractivity contribution in [1.82, 2.24) is 9.97 Å². The summed E-state index contributed by atoms with van der Waals surface area (Å²) in [4.78, 5) is 17.8. The zero-order valence-corrected chi connectivity index (χ0v) is 8.59. The summed E-state index contributed by atoms with van der Waals surface area (Å²) in [5.41, 5.74) is 5.52. The minimum absolute atomic E-state index is 0.102. The summed E-state index contributed by atoms with van der Waals surface area (Å²) in [7, 11) is 0. The van der Waals surface area contributed by atoms with E-state index in [0.29, 0.717) is 12.1 Å². The van der Waals surface area contributed by atoms with Crippen LogP contribution in [-0.2, 0) is 0 Å². The van der Waals surface area contributed by atoms with Gasteiger partial charge in [0.2, 0.25) is 0 Å². The van der Waals surface area contributed by atoms with Crippen LogP contribution in [-0.4, -0.2) is 16.3 Å². The van der Waals surface area contributed by atoms with E-state index in [1.807, 2.05) is 13.8 Å². The number of nitrogens with two attached hydrogens (primary N) is 1. The van der Waals surface area contributed by atoms with Gasteiger partial charge in [0.05, 0.1) is 5.56 Å². The summed E-state index contributed by atoms with van der Waals surface area (Å²) < 4.78 is 0. The predicted molar refractivity (Wildman–Crippen MR) is 52.9 cm³/mol. The van der Waals surface area contributed by atoms with Crippen LogP contribution < -0.4 is 5.73 Å². The molecule has 0 fully saturated rings. The molecule has 0 spiro atoms. The molecule has 0 aliphatic heterocycles. The number of halogens is 1. The van der Waals surface area contributed by atoms with E-state index >= 15 is 0 Å². The number of nitrogen functional groups attached to an aromatic ring is 1. The molecule has 0 unspecified atom stereocenters. The van der Waals surface area contributed by atoms with Gasteiger partial charge in [-0.25, -0.2) is 9.97 Å². The van der Waals surface area contributed by atoms with Crippen molar-refractivity contribution in [2.24, 2.45) is 0 Å². The fourth-order valence-electron chi connectivity index (χ4n) is 0.677. The molecule has 0 saturated carbocycles. The van der Waals surface area contributed by atoms with Crippen molar-refractivity contribution >= 4 is 23.7 Å². The number of nitrogens with zero attached hydrogens (tertiary/aromatic N) is 2. The smallest absolute Gasteiger partial charge is 0.156 e. The first kappa shape index (κ1) is 11.8. The van der Waals surface area contributed by atoms with Crippen LogP contribution in [0.5, 0.6) is 0 Å². The minimum atomic E-state index is 0.102. The maximum atomic E-state index is 10.3. The summed E-state index contributed by atoms with van der Waals surface area (Å²) in [6.07, 6.45) is 0.539. The number of rotatable bonds is 1. The van der Waals surface area contributed by atoms with E-state index in [9.17, 15) is 4.79 Å². The maximum Gasteiger partial charge on any atom is 0.156 e. The van der Waals surface area contributed by atoms with Gasteiger partial charge in [-0.15, -0.1) is 0 Å². The third-order valence-corrected chi connectivity index (χ3v) is 1.45. The Hall–Kier alpha value is -1.16. The Morgan fingerprint density at radius 1 is 1.38 bits per heavy atom. The Kier molecular flexibility index (Phi) is 4.99. The van der Waals surface area contributed by atoms with Gasteiger partial charge >= 0.3 is 0 Å². The van der Waals surface area contributed by atoms with Gasteiger partial charge in [0.1, 0.15) is 16.8 Å². The zero-order valence-electron chi connectivity index (χ0n) is 7.84. The molecule has 0 aromatic carbocycles. The molecular weight excluding hydrogens is 190 g/mol. The lowest BCUT2D eigenvalue weighted by molar-refractivity contribution is 0.112. The SMILES string of the molecule is CC.Cc1nc(N)c(C=O)c(Cl)n1. The Morgan fingerprint density at radius 3 is 2.31 bits per heavy atom. The highest BCUT2D eigenvalue weighted by Crippen LogP contribution is 2.15. The van der Waals surface area contributed by atoms with Crippen molar-refractivity contribution in [3.8, 4) is 0 Å². The van der Waals surface area contributed by atoms with Gasteiger partial charge in [0.25, 0.3) is 0 Å². The van der Waals surface area contributed by atoms with E-state index in [1.165, 1.54) is 0 Å². The highest BCUT2D eigenvalue weighted by Gasteiger charge is 2.06. The van der Waals surface area contributed by atoms with Gasteiger partial charge in [-0.3, -0.25) is 4.79 Å². The van der Waals surface area contributed by atoms with Gasteiger partial charge in [0, 0.05) is 0 Å². The lowest BCUT2D eigenvalue weighted by Crippen LogP contribution is -2.01. The average molecular weight is 202 g/mol. The molecule has 13 heavy (non-hydrogen) atoms. The Bertz CT molecular complexity index is 278. The molecule has 1 rings (SSSR count). The van der Waals surface area contributed by atoms with Gasteiger partial charge in [0.15, 0.2) is 6.29 Å². The minimum Gasteiger partial charge on any atom is -0.383 e. The fourth-order valence-corrected chi connectivity index (χ4v) is 0.940. The number of carbonyl (C=O) groups excluding carboxylic acids is 1. The first-order valence-electron chi connectivity index (χ1n) is 3.90. The molecule has 0 aliphatic rings. The molecule has 4 nitrogen and oxygen atoms in total. The highest BCUT2D eigenvalue weighted by molar-refractivity contribution is 6.32. The third-order valence-electron chi connectivity index (χ3n) is 1.16. The van der Waals surface area contributed by atoms with Crippen molar-refractivity contribution in [2.45, 2.75) is 20.8 Å². The first-order chi connectivity index (χ1) is 6.15. The van der Waals surface area contributed by atoms with E-state index in [0.717, 1.165) is 0 Å². The molecule has 1 aromatic rings. The van der Waals surface area contributed by atoms with Crippen LogP contribution >= 0.6 is 11.6 Å². The molecule has 0 radical (unpaired) electrons. The van der Waals surface area contributed by atoms with E-state index in [4.69, 9.17) is 17.3 Å². The number of aryl methyl sites for hydroxylation is 1. The molecule has 2 N–H and O–H groups in total. The average Bonchev–Trinajstić information content (AvgIpc) is 2.07. The van der Waals surface area contributed by atoms with Crippen LogP contribution in [0.3, 0.4) is 0 Å². The van der Waals surface area contributed by atoms with E-state index in [-0.39, 0.29) is 16.5 Å². The van der Waals surface area contributed by atoms with Crippen molar-refractivity contribution < 1.29 is 4.79 Å². The predicted octanol–water partition coefficient (Wildman–Crippen LogP) is 1.86. The molecule has 1 heterocycles. The van der Waals surface area contributed by atoms with Crippen molar-refractivity contribution in [3.63, 3.8) is 0 Å². The van der Waals surface area contributed by atoms with Gasteiger partial charge in [-0.2, -0.15) is 0 Å². The highest BCUT2D eigenvalue weighted by atomic mass is 35.5. The summed E-state index contributed by atoms with van der Waals surface area (Å²) >= 11 is 5.57. The standard InChI is InChI=1S/C6H6ClN3O.C2H6/c1-3-9-5(7)4(2-11)6(8)10-3;1-2/h2H,1H3,(H2,8,9,10);1-2H3. The van der Waals surface area contributed by atoms with Crippen LogP contribution in [0.2, 0.25) is 5.15 Å². The van der Waals surface area contributed by atoms with E-state index in [1.54, 1.807) is 6.92 Å². The van der Waals surface area contributed by atoms with Crippen molar-refractivity contribution in [3.05, 3.63) is 16.5 Å². The van der Waals surface area contributed by atoms with Gasteiger partial charge in [-0.05, 0) is 6.92 Å². The number of anilines is 1. The Balaban J connectivity index is 0.000000671. The molecular formula is C8H12ClN3O. The second-order valence-electron chi connectivity index (χ2n) is 1.98. The second kappa shape index (κ2) is 5.48. The van der Waals surface area contributed by atoms with Crippen LogP contribution in [0.4, 0.5) is 5.82 Å². The van der Waals surface area contributed by atoms with Crippen LogP contribution in [0, 0.1) is 6.92 Å². The summed E-state index contributed by atoms with van der Waals surface area (Å²) in [6, 6.07) is 0. The lowest BCUT2D eigenvalue weighted by atomic mass is 10.3. The first-order valence-corrected chi connectivity index (χ1v) is 4.27. The number of aldehydes is 1. The molecule has 0 atom stereocenters. The van der Waals surface area contributed by atoms with Crippen molar-refractivity contribution in [2.75, 3.05) is 5.73 Å². The topological polar surface area (TPSA) is 68.9 Å². The monoisotopic (exact) mass is 201 g/mol. The van der Waals surface area contributed by atoms with Crippen LogP contribution in [0.1, 0.15) is 30.0 Å². The molecule has 0 bridgehead atoms. The van der Waals surface area contributed by atoms with Gasteiger partial charge in [-0.1, -0.05) is 25.4 Å². The van der Waals surface area contributed by atoms with E-state index < -0.39 is 0 Å². The third kappa shape index (κ3) is 2.99. The zero-order chi connectivity index (χ0) is 10.4. The second-order valence-corrected chi connectivity index (χ2v) is 2.34. The maximum absolute atomic E-state index is 10.3. The number of aromatic nitrogens is 2. The molecule has 5 heteroatoms. The number of hydrogen-bond donors (Lipinski definition) is 1. The molecule has 72 valence electrons. The Morgan fingerprint density at radius 2 is 1.92 bits per heavy atom. The summed E-state index contributed by atoms with van der Waals surface area (Å²) in [6.45, 7) is 5.65. The molecule has 0 amide bonds.